The molecule has 0 aliphatic rings. The Morgan fingerprint density at radius 2 is 2.00 bits per heavy atom. The van der Waals surface area contributed by atoms with E-state index in [0.717, 1.165) is 18.8 Å². The Morgan fingerprint density at radius 1 is 1.19 bits per heavy atom. The summed E-state index contributed by atoms with van der Waals surface area (Å²) in [7, 11) is 1.61. The third-order valence-electron chi connectivity index (χ3n) is 2.05. The van der Waals surface area contributed by atoms with E-state index >= 15 is 0 Å². The summed E-state index contributed by atoms with van der Waals surface area (Å²) in [6.07, 6.45) is 1.02. The second-order valence-electron chi connectivity index (χ2n) is 3.36. The molecule has 0 heterocycles. The first-order chi connectivity index (χ1) is 7.77. The monoisotopic (exact) mass is 225 g/mol. The number of nitrogen functional groups attached to an aromatic ring is 1. The number of methoxy groups -OCH3 is 1. The Kier molecular flexibility index (Phi) is 5.50. The number of hydrogen-bond donors (Lipinski definition) is 1. The van der Waals surface area contributed by atoms with Crippen molar-refractivity contribution in [2.45, 2.75) is 13.3 Å². The first kappa shape index (κ1) is 12.6. The fraction of sp³-hybridized carbons (Fsp3) is 0.500. The van der Waals surface area contributed by atoms with Crippen molar-refractivity contribution in [1.29, 1.82) is 0 Å². The van der Waals surface area contributed by atoms with E-state index in [4.69, 9.17) is 19.9 Å². The molecule has 4 heteroatoms. The average molecular weight is 225 g/mol. The summed E-state index contributed by atoms with van der Waals surface area (Å²) in [6, 6.07) is 5.34. The van der Waals surface area contributed by atoms with Crippen LogP contribution in [0.1, 0.15) is 13.3 Å². The highest BCUT2D eigenvalue weighted by Crippen LogP contribution is 2.26. The van der Waals surface area contributed by atoms with Gasteiger partial charge in [-0.1, -0.05) is 6.92 Å². The van der Waals surface area contributed by atoms with E-state index in [2.05, 4.69) is 6.92 Å². The van der Waals surface area contributed by atoms with Gasteiger partial charge in [0.05, 0.1) is 19.4 Å². The minimum absolute atomic E-state index is 0.497. The van der Waals surface area contributed by atoms with E-state index in [1.807, 2.05) is 0 Å². The first-order valence-electron chi connectivity index (χ1n) is 5.42. The van der Waals surface area contributed by atoms with Crippen molar-refractivity contribution in [2.24, 2.45) is 0 Å². The molecule has 0 aliphatic heterocycles. The van der Waals surface area contributed by atoms with Crippen LogP contribution < -0.4 is 15.2 Å². The van der Waals surface area contributed by atoms with Gasteiger partial charge < -0.3 is 19.9 Å². The molecule has 2 N–H and O–H groups in total. The summed E-state index contributed by atoms with van der Waals surface area (Å²) >= 11 is 0. The van der Waals surface area contributed by atoms with Crippen LogP contribution in [0.2, 0.25) is 0 Å². The van der Waals surface area contributed by atoms with E-state index in [0.29, 0.717) is 24.7 Å². The van der Waals surface area contributed by atoms with E-state index in [9.17, 15) is 0 Å². The van der Waals surface area contributed by atoms with Gasteiger partial charge in [-0.3, -0.25) is 0 Å². The molecule has 0 aromatic heterocycles. The summed E-state index contributed by atoms with van der Waals surface area (Å²) in [4.78, 5) is 0. The van der Waals surface area contributed by atoms with Crippen LogP contribution in [0, 0.1) is 0 Å². The topological polar surface area (TPSA) is 53.7 Å². The largest absolute Gasteiger partial charge is 0.497 e. The molecular formula is C12H19NO3. The average Bonchev–Trinajstić information content (AvgIpc) is 2.31. The number of rotatable bonds is 7. The number of benzene rings is 1. The van der Waals surface area contributed by atoms with Gasteiger partial charge in [-0.2, -0.15) is 0 Å². The Labute approximate surface area is 96.3 Å². The van der Waals surface area contributed by atoms with Crippen molar-refractivity contribution in [3.05, 3.63) is 18.2 Å². The van der Waals surface area contributed by atoms with Crippen LogP contribution in [0.4, 0.5) is 5.69 Å². The molecule has 0 atom stereocenters. The Balaban J connectivity index is 2.40. The number of nitrogens with two attached hydrogens (primary N) is 1. The summed E-state index contributed by atoms with van der Waals surface area (Å²) in [5.74, 6) is 1.37. The van der Waals surface area contributed by atoms with E-state index in [1.54, 1.807) is 25.3 Å². The second-order valence-corrected chi connectivity index (χ2v) is 3.36. The van der Waals surface area contributed by atoms with Crippen LogP contribution in [-0.2, 0) is 4.74 Å². The zero-order valence-electron chi connectivity index (χ0n) is 9.86. The summed E-state index contributed by atoms with van der Waals surface area (Å²) in [6.45, 7) is 3.90. The van der Waals surface area contributed by atoms with Crippen LogP contribution in [-0.4, -0.2) is 26.9 Å². The van der Waals surface area contributed by atoms with Crippen LogP contribution >= 0.6 is 0 Å². The normalized spacial score (nSPS) is 10.1. The van der Waals surface area contributed by atoms with Crippen LogP contribution in [0.3, 0.4) is 0 Å². The zero-order valence-corrected chi connectivity index (χ0v) is 9.86. The molecule has 1 rings (SSSR count). The lowest BCUT2D eigenvalue weighted by molar-refractivity contribution is 0.101. The fourth-order valence-electron chi connectivity index (χ4n) is 1.22. The van der Waals surface area contributed by atoms with Gasteiger partial charge in [0.15, 0.2) is 0 Å². The lowest BCUT2D eigenvalue weighted by atomic mass is 10.3. The van der Waals surface area contributed by atoms with Gasteiger partial charge in [0.25, 0.3) is 0 Å². The number of hydrogen-bond acceptors (Lipinski definition) is 4. The molecule has 1 aromatic carbocycles. The molecule has 0 amide bonds. The molecule has 0 spiro atoms. The third kappa shape index (κ3) is 3.98. The SMILES string of the molecule is CCCOCCOc1cc(OC)ccc1N. The second kappa shape index (κ2) is 6.95. The van der Waals surface area contributed by atoms with Crippen LogP contribution in [0.25, 0.3) is 0 Å². The third-order valence-corrected chi connectivity index (χ3v) is 2.05. The zero-order chi connectivity index (χ0) is 11.8. The van der Waals surface area contributed by atoms with Crippen molar-refractivity contribution in [3.8, 4) is 11.5 Å². The molecule has 0 aliphatic carbocycles. The summed E-state index contributed by atoms with van der Waals surface area (Å²) < 4.78 is 15.9. The van der Waals surface area contributed by atoms with Crippen molar-refractivity contribution in [1.82, 2.24) is 0 Å². The van der Waals surface area contributed by atoms with Gasteiger partial charge in [-0.25, -0.2) is 0 Å². The molecule has 1 aromatic rings. The summed E-state index contributed by atoms with van der Waals surface area (Å²) in [5, 5.41) is 0. The molecule has 16 heavy (non-hydrogen) atoms. The molecule has 0 saturated carbocycles. The van der Waals surface area contributed by atoms with Gasteiger partial charge in [0.1, 0.15) is 18.1 Å². The van der Waals surface area contributed by atoms with Crippen molar-refractivity contribution >= 4 is 5.69 Å². The quantitative estimate of drug-likeness (QED) is 0.570. The minimum Gasteiger partial charge on any atom is -0.497 e. The van der Waals surface area contributed by atoms with Gasteiger partial charge in [0.2, 0.25) is 0 Å². The highest BCUT2D eigenvalue weighted by Gasteiger charge is 2.02. The van der Waals surface area contributed by atoms with Gasteiger partial charge in [0, 0.05) is 12.7 Å². The lowest BCUT2D eigenvalue weighted by Gasteiger charge is -2.10. The fourth-order valence-corrected chi connectivity index (χ4v) is 1.22. The Morgan fingerprint density at radius 3 is 2.69 bits per heavy atom. The molecule has 0 saturated heterocycles. The maximum absolute atomic E-state index is 5.76. The molecule has 4 nitrogen and oxygen atoms in total. The Hall–Kier alpha value is -1.42. The standard InChI is InChI=1S/C12H19NO3/c1-3-6-15-7-8-16-12-9-10(14-2)4-5-11(12)13/h4-5,9H,3,6-8,13H2,1-2H3. The highest BCUT2D eigenvalue weighted by atomic mass is 16.5. The highest BCUT2D eigenvalue weighted by molar-refractivity contribution is 5.55. The maximum Gasteiger partial charge on any atom is 0.145 e. The summed E-state index contributed by atoms with van der Waals surface area (Å²) in [5.41, 5.74) is 6.37. The number of ether oxygens (including phenoxy) is 3. The minimum atomic E-state index is 0.497. The molecular weight excluding hydrogens is 206 g/mol. The predicted molar refractivity (Wildman–Crippen MR) is 64.0 cm³/mol. The molecule has 90 valence electrons. The van der Waals surface area contributed by atoms with Crippen molar-refractivity contribution < 1.29 is 14.2 Å². The molecule has 0 fully saturated rings. The Bertz CT molecular complexity index is 315. The lowest BCUT2D eigenvalue weighted by Crippen LogP contribution is -2.08. The first-order valence-corrected chi connectivity index (χ1v) is 5.42. The van der Waals surface area contributed by atoms with E-state index in [-0.39, 0.29) is 0 Å². The maximum atomic E-state index is 5.76. The van der Waals surface area contributed by atoms with Gasteiger partial charge in [-0.15, -0.1) is 0 Å². The van der Waals surface area contributed by atoms with Crippen molar-refractivity contribution in [2.75, 3.05) is 32.7 Å². The molecule has 0 unspecified atom stereocenters. The van der Waals surface area contributed by atoms with Gasteiger partial charge >= 0.3 is 0 Å². The van der Waals surface area contributed by atoms with Crippen LogP contribution in [0.15, 0.2) is 18.2 Å². The predicted octanol–water partition coefficient (Wildman–Crippen LogP) is 2.08. The van der Waals surface area contributed by atoms with Gasteiger partial charge in [-0.05, 0) is 18.6 Å². The molecule has 0 radical (unpaired) electrons. The molecule has 0 bridgehead atoms. The van der Waals surface area contributed by atoms with Crippen LogP contribution in [0.5, 0.6) is 11.5 Å². The van der Waals surface area contributed by atoms with Crippen molar-refractivity contribution in [3.63, 3.8) is 0 Å². The van der Waals surface area contributed by atoms with E-state index < -0.39 is 0 Å². The van der Waals surface area contributed by atoms with E-state index in [1.165, 1.54) is 0 Å². The smallest absolute Gasteiger partial charge is 0.145 e. The number of anilines is 1.